The highest BCUT2D eigenvalue weighted by Gasteiger charge is 2.15. The molecule has 0 aliphatic rings. The highest BCUT2D eigenvalue weighted by atomic mass is 79.9. The van der Waals surface area contributed by atoms with Gasteiger partial charge in [0.15, 0.2) is 0 Å². The van der Waals surface area contributed by atoms with Crippen molar-refractivity contribution in [2.45, 2.75) is 4.90 Å². The summed E-state index contributed by atoms with van der Waals surface area (Å²) in [6, 6.07) is 12.3. The number of methoxy groups -OCH3 is 1. The first-order valence-electron chi connectivity index (χ1n) is 5.89. The van der Waals surface area contributed by atoms with Crippen molar-refractivity contribution >= 4 is 37.6 Å². The first-order chi connectivity index (χ1) is 9.92. The van der Waals surface area contributed by atoms with Gasteiger partial charge in [0.25, 0.3) is 10.0 Å². The molecule has 0 heterocycles. The average Bonchev–Trinajstić information content (AvgIpc) is 2.46. The number of rotatable bonds is 4. The molecule has 2 rings (SSSR count). The molecule has 21 heavy (non-hydrogen) atoms. The molecule has 0 aliphatic heterocycles. The molecule has 7 heteroatoms. The molecule has 0 aliphatic carbocycles. The molecule has 0 unspecified atom stereocenters. The Morgan fingerprint density at radius 3 is 2.38 bits per heavy atom. The number of esters is 1. The number of carbonyl (C=O) groups is 1. The van der Waals surface area contributed by atoms with Gasteiger partial charge in [0.05, 0.1) is 17.6 Å². The van der Waals surface area contributed by atoms with Crippen LogP contribution in [0.5, 0.6) is 0 Å². The van der Waals surface area contributed by atoms with E-state index < -0.39 is 16.0 Å². The van der Waals surface area contributed by atoms with Crippen LogP contribution in [0.2, 0.25) is 0 Å². The Morgan fingerprint density at radius 1 is 1.14 bits per heavy atom. The van der Waals surface area contributed by atoms with Crippen LogP contribution in [0.1, 0.15) is 10.4 Å². The number of halogens is 1. The lowest BCUT2D eigenvalue weighted by atomic mass is 10.2. The van der Waals surface area contributed by atoms with Crippen molar-refractivity contribution < 1.29 is 17.9 Å². The molecule has 2 aromatic carbocycles. The lowest BCUT2D eigenvalue weighted by Crippen LogP contribution is -2.13. The van der Waals surface area contributed by atoms with Gasteiger partial charge in [-0.3, -0.25) is 4.72 Å². The maximum absolute atomic E-state index is 12.2. The molecule has 1 N–H and O–H groups in total. The van der Waals surface area contributed by atoms with Gasteiger partial charge in [-0.05, 0) is 42.5 Å². The summed E-state index contributed by atoms with van der Waals surface area (Å²) in [7, 11) is -2.44. The SMILES string of the molecule is COC(=O)c1ccc(S(=O)(=O)Nc2cccc(Br)c2)cc1. The Kier molecular flexibility index (Phi) is 4.64. The molecule has 0 saturated carbocycles. The fraction of sp³-hybridized carbons (Fsp3) is 0.0714. The number of carbonyl (C=O) groups excluding carboxylic acids is 1. The molecule has 0 bridgehead atoms. The van der Waals surface area contributed by atoms with Gasteiger partial charge < -0.3 is 4.74 Å². The van der Waals surface area contributed by atoms with E-state index in [-0.39, 0.29) is 4.90 Å². The predicted octanol–water partition coefficient (Wildman–Crippen LogP) is 3.04. The first kappa shape index (κ1) is 15.5. The summed E-state index contributed by atoms with van der Waals surface area (Å²) in [6.07, 6.45) is 0. The molecule has 0 spiro atoms. The second-order valence-corrected chi connectivity index (χ2v) is 6.73. The van der Waals surface area contributed by atoms with E-state index in [4.69, 9.17) is 0 Å². The molecule has 110 valence electrons. The predicted molar refractivity (Wildman–Crippen MR) is 82.7 cm³/mol. The van der Waals surface area contributed by atoms with Crippen molar-refractivity contribution in [3.8, 4) is 0 Å². The molecule has 0 atom stereocenters. The minimum Gasteiger partial charge on any atom is -0.465 e. The third-order valence-corrected chi connectivity index (χ3v) is 4.55. The smallest absolute Gasteiger partial charge is 0.337 e. The summed E-state index contributed by atoms with van der Waals surface area (Å²) in [6.45, 7) is 0. The summed E-state index contributed by atoms with van der Waals surface area (Å²) < 4.78 is 32.2. The highest BCUT2D eigenvalue weighted by molar-refractivity contribution is 9.10. The van der Waals surface area contributed by atoms with Crippen LogP contribution in [0.25, 0.3) is 0 Å². The van der Waals surface area contributed by atoms with Crippen LogP contribution in [-0.4, -0.2) is 21.5 Å². The Bertz CT molecular complexity index is 757. The van der Waals surface area contributed by atoms with Gasteiger partial charge in [0.2, 0.25) is 0 Å². The standard InChI is InChI=1S/C14H12BrNO4S/c1-20-14(17)10-5-7-13(8-6-10)21(18,19)16-12-4-2-3-11(15)9-12/h2-9,16H,1H3. The zero-order chi connectivity index (χ0) is 15.5. The van der Waals surface area contributed by atoms with Crippen molar-refractivity contribution in [2.75, 3.05) is 11.8 Å². The number of hydrogen-bond donors (Lipinski definition) is 1. The summed E-state index contributed by atoms with van der Waals surface area (Å²) in [5, 5.41) is 0. The Balaban J connectivity index is 2.25. The van der Waals surface area contributed by atoms with Crippen LogP contribution in [0.4, 0.5) is 5.69 Å². The van der Waals surface area contributed by atoms with Crippen molar-refractivity contribution in [2.24, 2.45) is 0 Å². The van der Waals surface area contributed by atoms with E-state index in [9.17, 15) is 13.2 Å². The van der Waals surface area contributed by atoms with E-state index in [2.05, 4.69) is 25.4 Å². The highest BCUT2D eigenvalue weighted by Crippen LogP contribution is 2.20. The van der Waals surface area contributed by atoms with E-state index >= 15 is 0 Å². The monoisotopic (exact) mass is 369 g/mol. The average molecular weight is 370 g/mol. The molecule has 0 fully saturated rings. The normalized spacial score (nSPS) is 11.0. The maximum atomic E-state index is 12.2. The quantitative estimate of drug-likeness (QED) is 0.840. The second-order valence-electron chi connectivity index (χ2n) is 4.13. The van der Waals surface area contributed by atoms with E-state index in [1.54, 1.807) is 24.3 Å². The molecule has 2 aromatic rings. The summed E-state index contributed by atoms with van der Waals surface area (Å²) in [4.78, 5) is 11.4. The zero-order valence-electron chi connectivity index (χ0n) is 11.0. The second kappa shape index (κ2) is 6.28. The van der Waals surface area contributed by atoms with Crippen LogP contribution in [0.3, 0.4) is 0 Å². The fourth-order valence-corrected chi connectivity index (χ4v) is 3.10. The van der Waals surface area contributed by atoms with E-state index in [0.717, 1.165) is 4.47 Å². The molecule has 0 radical (unpaired) electrons. The van der Waals surface area contributed by atoms with Gasteiger partial charge >= 0.3 is 5.97 Å². The maximum Gasteiger partial charge on any atom is 0.337 e. The largest absolute Gasteiger partial charge is 0.465 e. The van der Waals surface area contributed by atoms with Crippen LogP contribution >= 0.6 is 15.9 Å². The van der Waals surface area contributed by atoms with Gasteiger partial charge in [0.1, 0.15) is 0 Å². The minimum absolute atomic E-state index is 0.0649. The lowest BCUT2D eigenvalue weighted by Gasteiger charge is -2.08. The van der Waals surface area contributed by atoms with Crippen molar-refractivity contribution in [1.29, 1.82) is 0 Å². The number of hydrogen-bond acceptors (Lipinski definition) is 4. The Labute approximate surface area is 131 Å². The lowest BCUT2D eigenvalue weighted by molar-refractivity contribution is 0.0600. The van der Waals surface area contributed by atoms with Crippen molar-refractivity contribution in [1.82, 2.24) is 0 Å². The van der Waals surface area contributed by atoms with Crippen LogP contribution in [0, 0.1) is 0 Å². The third kappa shape index (κ3) is 3.83. The number of sulfonamides is 1. The van der Waals surface area contributed by atoms with E-state index in [0.29, 0.717) is 11.3 Å². The third-order valence-electron chi connectivity index (χ3n) is 2.66. The number of benzene rings is 2. The molecular weight excluding hydrogens is 358 g/mol. The zero-order valence-corrected chi connectivity index (χ0v) is 13.4. The fourth-order valence-electron chi connectivity index (χ4n) is 1.65. The van der Waals surface area contributed by atoms with Crippen LogP contribution in [0.15, 0.2) is 57.9 Å². The molecule has 0 amide bonds. The molecule has 5 nitrogen and oxygen atoms in total. The Hall–Kier alpha value is -1.86. The van der Waals surface area contributed by atoms with Gasteiger partial charge in [-0.15, -0.1) is 0 Å². The number of anilines is 1. The van der Waals surface area contributed by atoms with E-state index in [1.165, 1.54) is 31.4 Å². The van der Waals surface area contributed by atoms with Gasteiger partial charge in [-0.2, -0.15) is 0 Å². The Morgan fingerprint density at radius 2 is 1.81 bits per heavy atom. The minimum atomic E-state index is -3.70. The summed E-state index contributed by atoms with van der Waals surface area (Å²) >= 11 is 3.27. The van der Waals surface area contributed by atoms with Gasteiger partial charge in [-0.1, -0.05) is 22.0 Å². The molecule has 0 aromatic heterocycles. The first-order valence-corrected chi connectivity index (χ1v) is 8.17. The summed E-state index contributed by atoms with van der Waals surface area (Å²) in [5.41, 5.74) is 0.736. The number of nitrogens with one attached hydrogen (secondary N) is 1. The van der Waals surface area contributed by atoms with Crippen LogP contribution < -0.4 is 4.72 Å². The number of ether oxygens (including phenoxy) is 1. The van der Waals surface area contributed by atoms with Gasteiger partial charge in [0, 0.05) is 10.2 Å². The van der Waals surface area contributed by atoms with E-state index in [1.807, 2.05) is 0 Å². The van der Waals surface area contributed by atoms with Gasteiger partial charge in [-0.25, -0.2) is 13.2 Å². The van der Waals surface area contributed by atoms with Crippen LogP contribution in [-0.2, 0) is 14.8 Å². The topological polar surface area (TPSA) is 72.5 Å². The van der Waals surface area contributed by atoms with Crippen molar-refractivity contribution in [3.05, 3.63) is 58.6 Å². The molecule has 0 saturated heterocycles. The summed E-state index contributed by atoms with van der Waals surface area (Å²) in [5.74, 6) is -0.515. The van der Waals surface area contributed by atoms with Crippen molar-refractivity contribution in [3.63, 3.8) is 0 Å². The molecular formula is C14H12BrNO4S.